The van der Waals surface area contributed by atoms with E-state index in [0.717, 1.165) is 34.1 Å². The molecule has 1 N–H and O–H groups in total. The SMILES string of the molecule is CC(C)(C)c1cc(Nc2cnc3cc4ccccc4cc3n2)n(-c2cccc(C(F)(F)F)c2)n1. The first-order valence-corrected chi connectivity index (χ1v) is 10.8. The number of aromatic nitrogens is 4. The van der Waals surface area contributed by atoms with Crippen LogP contribution in [0.15, 0.2) is 72.9 Å². The zero-order valence-corrected chi connectivity index (χ0v) is 18.9. The van der Waals surface area contributed by atoms with Crippen LogP contribution in [-0.4, -0.2) is 19.7 Å². The Balaban J connectivity index is 1.59. The van der Waals surface area contributed by atoms with Gasteiger partial charge in [-0.25, -0.2) is 9.67 Å². The fourth-order valence-corrected chi connectivity index (χ4v) is 3.74. The largest absolute Gasteiger partial charge is 0.416 e. The van der Waals surface area contributed by atoms with Crippen molar-refractivity contribution in [2.75, 3.05) is 5.32 Å². The third-order valence-electron chi connectivity index (χ3n) is 5.56. The summed E-state index contributed by atoms with van der Waals surface area (Å²) in [7, 11) is 0. The number of rotatable bonds is 3. The highest BCUT2D eigenvalue weighted by atomic mass is 19.4. The minimum absolute atomic E-state index is 0.299. The van der Waals surface area contributed by atoms with Gasteiger partial charge in [-0.1, -0.05) is 51.1 Å². The minimum Gasteiger partial charge on any atom is -0.324 e. The standard InChI is InChI=1S/C26H22F3N5/c1-25(2,3)22-14-24(34(33-22)19-10-6-9-18(13-19)26(27,28)29)32-23-15-30-20-11-16-7-4-5-8-17(16)12-21(20)31-23/h4-15H,1-3H3,(H,31,32). The Morgan fingerprint density at radius 2 is 1.53 bits per heavy atom. The number of nitrogens with one attached hydrogen (secondary N) is 1. The van der Waals surface area contributed by atoms with E-state index >= 15 is 0 Å². The first kappa shape index (κ1) is 21.9. The van der Waals surface area contributed by atoms with Gasteiger partial charge in [0.05, 0.1) is 34.2 Å². The minimum atomic E-state index is -4.45. The third kappa shape index (κ3) is 4.19. The smallest absolute Gasteiger partial charge is 0.324 e. The van der Waals surface area contributed by atoms with Crippen LogP contribution in [0, 0.1) is 0 Å². The predicted octanol–water partition coefficient (Wildman–Crippen LogP) is 7.03. The van der Waals surface area contributed by atoms with Gasteiger partial charge in [-0.15, -0.1) is 0 Å². The molecule has 34 heavy (non-hydrogen) atoms. The normalized spacial score (nSPS) is 12.4. The molecule has 0 fully saturated rings. The average Bonchev–Trinajstić information content (AvgIpc) is 3.21. The Bertz CT molecular complexity index is 1510. The average molecular weight is 461 g/mol. The maximum Gasteiger partial charge on any atom is 0.416 e. The highest BCUT2D eigenvalue weighted by molar-refractivity contribution is 5.95. The number of nitrogens with zero attached hydrogens (tertiary/aromatic N) is 4. The van der Waals surface area contributed by atoms with Crippen molar-refractivity contribution in [2.45, 2.75) is 32.4 Å². The van der Waals surface area contributed by atoms with E-state index in [1.54, 1.807) is 12.3 Å². The van der Waals surface area contributed by atoms with Crippen LogP contribution in [0.2, 0.25) is 0 Å². The molecule has 0 aliphatic carbocycles. The molecule has 0 saturated heterocycles. The second-order valence-electron chi connectivity index (χ2n) is 9.19. The molecule has 0 saturated carbocycles. The number of hydrogen-bond donors (Lipinski definition) is 1. The van der Waals surface area contributed by atoms with E-state index in [4.69, 9.17) is 0 Å². The zero-order chi connectivity index (χ0) is 24.1. The fraction of sp³-hybridized carbons (Fsp3) is 0.192. The van der Waals surface area contributed by atoms with Gasteiger partial charge < -0.3 is 5.32 Å². The maximum atomic E-state index is 13.3. The summed E-state index contributed by atoms with van der Waals surface area (Å²) in [5.41, 5.74) is 1.45. The molecule has 0 aliphatic rings. The first-order valence-electron chi connectivity index (χ1n) is 10.8. The van der Waals surface area contributed by atoms with Crippen molar-refractivity contribution < 1.29 is 13.2 Å². The van der Waals surface area contributed by atoms with Crippen molar-refractivity contribution in [3.8, 4) is 5.69 Å². The summed E-state index contributed by atoms with van der Waals surface area (Å²) < 4.78 is 41.4. The van der Waals surface area contributed by atoms with Gasteiger partial charge in [-0.05, 0) is 41.1 Å². The van der Waals surface area contributed by atoms with Crippen molar-refractivity contribution in [3.63, 3.8) is 0 Å². The van der Waals surface area contributed by atoms with Gasteiger partial charge in [0.15, 0.2) is 5.82 Å². The molecule has 5 aromatic rings. The first-order chi connectivity index (χ1) is 16.1. The Kier molecular flexibility index (Phi) is 5.04. The molecule has 0 atom stereocenters. The molecule has 0 unspecified atom stereocenters. The lowest BCUT2D eigenvalue weighted by atomic mass is 9.92. The molecule has 5 rings (SSSR count). The summed E-state index contributed by atoms with van der Waals surface area (Å²) in [4.78, 5) is 9.22. The van der Waals surface area contributed by atoms with Crippen molar-refractivity contribution in [1.29, 1.82) is 0 Å². The van der Waals surface area contributed by atoms with Gasteiger partial charge in [0, 0.05) is 11.5 Å². The number of benzene rings is 3. The van der Waals surface area contributed by atoms with Crippen LogP contribution < -0.4 is 5.32 Å². The van der Waals surface area contributed by atoms with E-state index in [2.05, 4.69) is 20.4 Å². The molecule has 172 valence electrons. The van der Waals surface area contributed by atoms with Crippen molar-refractivity contribution >= 4 is 33.4 Å². The van der Waals surface area contributed by atoms with E-state index in [1.807, 2.05) is 63.2 Å². The predicted molar refractivity (Wildman–Crippen MR) is 128 cm³/mol. The molecule has 0 bridgehead atoms. The molecule has 0 amide bonds. The lowest BCUT2D eigenvalue weighted by molar-refractivity contribution is -0.137. The van der Waals surface area contributed by atoms with Gasteiger partial charge in [0.2, 0.25) is 0 Å². The van der Waals surface area contributed by atoms with Gasteiger partial charge in [-0.3, -0.25) is 4.98 Å². The fourth-order valence-electron chi connectivity index (χ4n) is 3.74. The molecular weight excluding hydrogens is 439 g/mol. The molecule has 0 spiro atoms. The number of halogens is 3. The summed E-state index contributed by atoms with van der Waals surface area (Å²) in [6.45, 7) is 5.99. The molecular formula is C26H22F3N5. The second-order valence-corrected chi connectivity index (χ2v) is 9.19. The van der Waals surface area contributed by atoms with Crippen LogP contribution >= 0.6 is 0 Å². The summed E-state index contributed by atoms with van der Waals surface area (Å²) in [6, 6.07) is 18.8. The molecule has 8 heteroatoms. The van der Waals surface area contributed by atoms with Crippen molar-refractivity contribution in [3.05, 3.63) is 84.2 Å². The Morgan fingerprint density at radius 1 is 0.824 bits per heavy atom. The summed E-state index contributed by atoms with van der Waals surface area (Å²) in [5.74, 6) is 0.968. The topological polar surface area (TPSA) is 55.6 Å². The Morgan fingerprint density at radius 3 is 2.21 bits per heavy atom. The van der Waals surface area contributed by atoms with Gasteiger partial charge >= 0.3 is 6.18 Å². The number of hydrogen-bond acceptors (Lipinski definition) is 4. The van der Waals surface area contributed by atoms with Crippen LogP contribution in [0.4, 0.5) is 24.8 Å². The lowest BCUT2D eigenvalue weighted by Gasteiger charge is -2.14. The summed E-state index contributed by atoms with van der Waals surface area (Å²) in [6.07, 6.45) is -2.84. The van der Waals surface area contributed by atoms with Crippen LogP contribution in [-0.2, 0) is 11.6 Å². The highest BCUT2D eigenvalue weighted by Crippen LogP contribution is 2.33. The number of fused-ring (bicyclic) bond motifs is 2. The molecule has 3 aromatic carbocycles. The zero-order valence-electron chi connectivity index (χ0n) is 18.9. The third-order valence-corrected chi connectivity index (χ3v) is 5.56. The van der Waals surface area contributed by atoms with Crippen LogP contribution in [0.1, 0.15) is 32.0 Å². The van der Waals surface area contributed by atoms with Gasteiger partial charge in [0.1, 0.15) is 5.82 Å². The van der Waals surface area contributed by atoms with Crippen LogP contribution in [0.3, 0.4) is 0 Å². The highest BCUT2D eigenvalue weighted by Gasteiger charge is 2.31. The maximum absolute atomic E-state index is 13.3. The Hall–Kier alpha value is -3.94. The monoisotopic (exact) mass is 461 g/mol. The van der Waals surface area contributed by atoms with E-state index in [0.29, 0.717) is 22.8 Å². The van der Waals surface area contributed by atoms with Crippen molar-refractivity contribution in [2.24, 2.45) is 0 Å². The van der Waals surface area contributed by atoms with Crippen LogP contribution in [0.5, 0.6) is 0 Å². The molecule has 2 heterocycles. The molecule has 0 aliphatic heterocycles. The lowest BCUT2D eigenvalue weighted by Crippen LogP contribution is -2.13. The molecule has 5 nitrogen and oxygen atoms in total. The second kappa shape index (κ2) is 7.83. The summed E-state index contributed by atoms with van der Waals surface area (Å²) in [5, 5.41) is 9.94. The molecule has 2 aromatic heterocycles. The Labute approximate surface area is 194 Å². The van der Waals surface area contributed by atoms with E-state index in [1.165, 1.54) is 10.7 Å². The van der Waals surface area contributed by atoms with Crippen molar-refractivity contribution in [1.82, 2.24) is 19.7 Å². The van der Waals surface area contributed by atoms with Gasteiger partial charge in [-0.2, -0.15) is 18.3 Å². The summed E-state index contributed by atoms with van der Waals surface area (Å²) >= 11 is 0. The number of anilines is 2. The molecule has 0 radical (unpaired) electrons. The van der Waals surface area contributed by atoms with Crippen LogP contribution in [0.25, 0.3) is 27.5 Å². The van der Waals surface area contributed by atoms with Gasteiger partial charge in [0.25, 0.3) is 0 Å². The number of alkyl halides is 3. The van der Waals surface area contributed by atoms with E-state index in [9.17, 15) is 13.2 Å². The quantitative estimate of drug-likeness (QED) is 0.293. The van der Waals surface area contributed by atoms with E-state index < -0.39 is 11.7 Å². The van der Waals surface area contributed by atoms with E-state index in [-0.39, 0.29) is 5.41 Å².